The van der Waals surface area contributed by atoms with E-state index in [4.69, 9.17) is 10.2 Å². The maximum atomic E-state index is 6.38. The zero-order valence-corrected chi connectivity index (χ0v) is 16.9. The standard InChI is InChI=1S/C20H30N2OSi/c1-15(2)18-17(21)16(9-13-22-18)8-10-20(11-12-20)14-23-24(6,7)19(3,4)5/h9,13H,1,11-12,14,21H2,2-7H3. The Labute approximate surface area is 147 Å². The molecule has 1 aromatic heterocycles. The largest absolute Gasteiger partial charge is 0.415 e. The summed E-state index contributed by atoms with van der Waals surface area (Å²) in [6.45, 7) is 17.9. The summed E-state index contributed by atoms with van der Waals surface area (Å²) in [6, 6.07) is 1.87. The van der Waals surface area contributed by atoms with Gasteiger partial charge in [-0.2, -0.15) is 0 Å². The minimum atomic E-state index is -1.73. The third-order valence-electron chi connectivity index (χ3n) is 5.23. The molecule has 2 rings (SSSR count). The van der Waals surface area contributed by atoms with E-state index in [9.17, 15) is 0 Å². The lowest BCUT2D eigenvalue weighted by atomic mass is 10.1. The molecule has 0 atom stereocenters. The Balaban J connectivity index is 2.14. The van der Waals surface area contributed by atoms with E-state index in [0.29, 0.717) is 5.69 Å². The fourth-order valence-electron chi connectivity index (χ4n) is 2.11. The molecule has 3 nitrogen and oxygen atoms in total. The van der Waals surface area contributed by atoms with Gasteiger partial charge in [0.15, 0.2) is 8.32 Å². The molecule has 1 aliphatic rings. The zero-order chi connectivity index (χ0) is 18.2. The van der Waals surface area contributed by atoms with Gasteiger partial charge in [-0.15, -0.1) is 0 Å². The van der Waals surface area contributed by atoms with E-state index in [1.165, 1.54) is 0 Å². The van der Waals surface area contributed by atoms with Gasteiger partial charge in [-0.1, -0.05) is 39.2 Å². The van der Waals surface area contributed by atoms with Crippen molar-refractivity contribution in [3.05, 3.63) is 30.1 Å². The van der Waals surface area contributed by atoms with E-state index in [-0.39, 0.29) is 10.5 Å². The zero-order valence-electron chi connectivity index (χ0n) is 15.9. The molecule has 0 unspecified atom stereocenters. The Morgan fingerprint density at radius 2 is 2.04 bits per heavy atom. The van der Waals surface area contributed by atoms with Crippen LogP contribution in [-0.4, -0.2) is 19.9 Å². The quantitative estimate of drug-likeness (QED) is 0.628. The molecule has 24 heavy (non-hydrogen) atoms. The fourth-order valence-corrected chi connectivity index (χ4v) is 3.18. The molecule has 0 bridgehead atoms. The minimum Gasteiger partial charge on any atom is -0.415 e. The molecule has 1 heterocycles. The van der Waals surface area contributed by atoms with Crippen LogP contribution in [-0.2, 0) is 4.43 Å². The highest BCUT2D eigenvalue weighted by molar-refractivity contribution is 6.74. The number of nitrogen functional groups attached to an aromatic ring is 1. The van der Waals surface area contributed by atoms with Crippen molar-refractivity contribution in [2.45, 2.75) is 58.7 Å². The molecule has 0 saturated heterocycles. The van der Waals surface area contributed by atoms with Crippen LogP contribution in [0.4, 0.5) is 5.69 Å². The molecule has 0 radical (unpaired) electrons. The van der Waals surface area contributed by atoms with Crippen LogP contribution in [0.1, 0.15) is 51.8 Å². The predicted molar refractivity (Wildman–Crippen MR) is 105 cm³/mol. The van der Waals surface area contributed by atoms with E-state index in [1.807, 2.05) is 13.0 Å². The van der Waals surface area contributed by atoms with Crippen LogP contribution in [0.3, 0.4) is 0 Å². The average molecular weight is 343 g/mol. The van der Waals surface area contributed by atoms with Gasteiger partial charge in [0.2, 0.25) is 0 Å². The number of allylic oxidation sites excluding steroid dienone is 1. The van der Waals surface area contributed by atoms with Crippen molar-refractivity contribution >= 4 is 19.6 Å². The molecule has 0 amide bonds. The SMILES string of the molecule is C=C(C)c1nccc(C#CC2(CO[Si](C)(C)C(C)(C)C)CC2)c1N. The highest BCUT2D eigenvalue weighted by Gasteiger charge is 2.45. The van der Waals surface area contributed by atoms with Crippen molar-refractivity contribution in [1.29, 1.82) is 0 Å². The lowest BCUT2D eigenvalue weighted by Gasteiger charge is -2.36. The van der Waals surface area contributed by atoms with Crippen molar-refractivity contribution in [2.24, 2.45) is 5.41 Å². The van der Waals surface area contributed by atoms with Gasteiger partial charge in [-0.3, -0.25) is 4.98 Å². The molecular formula is C20H30N2OSi. The third kappa shape index (κ3) is 4.09. The molecule has 130 valence electrons. The maximum absolute atomic E-state index is 6.38. The predicted octanol–water partition coefficient (Wildman–Crippen LogP) is 4.85. The van der Waals surface area contributed by atoms with E-state index >= 15 is 0 Å². The Morgan fingerprint density at radius 3 is 2.54 bits per heavy atom. The fraction of sp³-hybridized carbons (Fsp3) is 0.550. The van der Waals surface area contributed by atoms with Crippen LogP contribution in [0.15, 0.2) is 18.8 Å². The summed E-state index contributed by atoms with van der Waals surface area (Å²) in [4.78, 5) is 4.28. The summed E-state index contributed by atoms with van der Waals surface area (Å²) in [5.74, 6) is 6.69. The molecule has 1 aromatic rings. The van der Waals surface area contributed by atoms with E-state index < -0.39 is 8.32 Å². The molecule has 1 aliphatic carbocycles. The van der Waals surface area contributed by atoms with Gasteiger partial charge in [0.25, 0.3) is 0 Å². The van der Waals surface area contributed by atoms with Crippen LogP contribution < -0.4 is 5.73 Å². The molecule has 1 fully saturated rings. The van der Waals surface area contributed by atoms with Crippen LogP contribution in [0.25, 0.3) is 5.57 Å². The Bertz CT molecular complexity index is 701. The smallest absolute Gasteiger partial charge is 0.192 e. The number of rotatable bonds is 4. The maximum Gasteiger partial charge on any atom is 0.192 e. The second-order valence-electron chi connectivity index (χ2n) is 8.48. The number of anilines is 1. The number of aromatic nitrogens is 1. The van der Waals surface area contributed by atoms with E-state index in [1.54, 1.807) is 6.20 Å². The molecular weight excluding hydrogens is 312 g/mol. The molecule has 1 saturated carbocycles. The molecule has 4 heteroatoms. The normalized spacial score (nSPS) is 16.2. The highest BCUT2D eigenvalue weighted by Crippen LogP contribution is 2.47. The number of hydrogen-bond donors (Lipinski definition) is 1. The van der Waals surface area contributed by atoms with Crippen LogP contribution in [0.5, 0.6) is 0 Å². The highest BCUT2D eigenvalue weighted by atomic mass is 28.4. The van der Waals surface area contributed by atoms with Gasteiger partial charge in [0, 0.05) is 6.20 Å². The number of nitrogens with zero attached hydrogens (tertiary/aromatic N) is 1. The first-order chi connectivity index (χ1) is 11.0. The van der Waals surface area contributed by atoms with Gasteiger partial charge in [0.05, 0.1) is 29.0 Å². The van der Waals surface area contributed by atoms with Crippen LogP contribution >= 0.6 is 0 Å². The van der Waals surface area contributed by atoms with Crippen molar-refractivity contribution in [3.63, 3.8) is 0 Å². The average Bonchev–Trinajstić information content (AvgIpc) is 3.23. The first kappa shape index (κ1) is 18.8. The first-order valence-electron chi connectivity index (χ1n) is 8.55. The van der Waals surface area contributed by atoms with Crippen molar-refractivity contribution < 1.29 is 4.43 Å². The van der Waals surface area contributed by atoms with Crippen LogP contribution in [0, 0.1) is 17.3 Å². The molecule has 2 N–H and O–H groups in total. The van der Waals surface area contributed by atoms with E-state index in [2.05, 4.69) is 57.3 Å². The Morgan fingerprint density at radius 1 is 1.42 bits per heavy atom. The first-order valence-corrected chi connectivity index (χ1v) is 11.5. The molecule has 0 aliphatic heterocycles. The monoisotopic (exact) mass is 342 g/mol. The lowest BCUT2D eigenvalue weighted by Crippen LogP contribution is -2.42. The number of nitrogens with two attached hydrogens (primary N) is 1. The third-order valence-corrected chi connectivity index (χ3v) is 9.70. The topological polar surface area (TPSA) is 48.1 Å². The lowest BCUT2D eigenvalue weighted by molar-refractivity contribution is 0.246. The van der Waals surface area contributed by atoms with Gasteiger partial charge >= 0.3 is 0 Å². The summed E-state index contributed by atoms with van der Waals surface area (Å²) in [6.07, 6.45) is 3.95. The second-order valence-corrected chi connectivity index (χ2v) is 13.3. The second kappa shape index (κ2) is 6.38. The van der Waals surface area contributed by atoms with Crippen molar-refractivity contribution in [3.8, 4) is 11.8 Å². The molecule has 0 aromatic carbocycles. The van der Waals surface area contributed by atoms with Crippen LogP contribution in [0.2, 0.25) is 18.1 Å². The summed E-state index contributed by atoms with van der Waals surface area (Å²) in [5.41, 5.74) is 9.25. The summed E-state index contributed by atoms with van der Waals surface area (Å²) in [7, 11) is -1.73. The Kier molecular flexibility index (Phi) is 4.99. The van der Waals surface area contributed by atoms with E-state index in [0.717, 1.165) is 36.3 Å². The van der Waals surface area contributed by atoms with Crippen molar-refractivity contribution in [1.82, 2.24) is 4.98 Å². The van der Waals surface area contributed by atoms with Gasteiger partial charge in [0.1, 0.15) is 0 Å². The summed E-state index contributed by atoms with van der Waals surface area (Å²) >= 11 is 0. The molecule has 0 spiro atoms. The summed E-state index contributed by atoms with van der Waals surface area (Å²) in [5, 5.41) is 0.225. The van der Waals surface area contributed by atoms with Gasteiger partial charge < -0.3 is 10.2 Å². The number of pyridine rings is 1. The van der Waals surface area contributed by atoms with Crippen molar-refractivity contribution in [2.75, 3.05) is 12.3 Å². The Hall–Kier alpha value is -1.57. The van der Waals surface area contributed by atoms with Gasteiger partial charge in [-0.05, 0) is 49.5 Å². The van der Waals surface area contributed by atoms with Gasteiger partial charge in [-0.25, -0.2) is 0 Å². The summed E-state index contributed by atoms with van der Waals surface area (Å²) < 4.78 is 6.38. The number of hydrogen-bond acceptors (Lipinski definition) is 3. The minimum absolute atomic E-state index is 0.00855.